The molecule has 30 heavy (non-hydrogen) atoms. The SMILES string of the molecule is CCCC(CC(C)C)C(CCN=C1NC(=O)/C(=C/c2ccc3ncsc3c2)N1)OC. The Hall–Kier alpha value is -2.25. The number of thiazole rings is 1. The number of amides is 1. The van der Waals surface area contributed by atoms with Crippen molar-refractivity contribution < 1.29 is 9.53 Å². The molecule has 2 N–H and O–H groups in total. The molecular formula is C23H32N4O2S. The van der Waals surface area contributed by atoms with Crippen LogP contribution in [0.1, 0.15) is 52.0 Å². The van der Waals surface area contributed by atoms with Crippen molar-refractivity contribution in [1.82, 2.24) is 15.6 Å². The molecule has 1 saturated heterocycles. The lowest BCUT2D eigenvalue weighted by atomic mass is 9.87. The van der Waals surface area contributed by atoms with Crippen molar-refractivity contribution in [3.8, 4) is 0 Å². The maximum absolute atomic E-state index is 12.3. The first-order chi connectivity index (χ1) is 14.5. The smallest absolute Gasteiger partial charge is 0.274 e. The van der Waals surface area contributed by atoms with Crippen LogP contribution in [0.5, 0.6) is 0 Å². The minimum absolute atomic E-state index is 0.162. The fourth-order valence-electron chi connectivity index (χ4n) is 3.98. The molecule has 2 heterocycles. The molecule has 162 valence electrons. The third kappa shape index (κ3) is 5.89. The number of rotatable bonds is 10. The van der Waals surface area contributed by atoms with E-state index in [2.05, 4.69) is 41.4 Å². The molecule has 7 heteroatoms. The Kier molecular flexibility index (Phi) is 7.99. The van der Waals surface area contributed by atoms with Crippen molar-refractivity contribution in [1.29, 1.82) is 0 Å². The van der Waals surface area contributed by atoms with Crippen molar-refractivity contribution in [3.05, 3.63) is 35.0 Å². The van der Waals surface area contributed by atoms with Gasteiger partial charge in [-0.05, 0) is 54.9 Å². The van der Waals surface area contributed by atoms with E-state index in [4.69, 9.17) is 4.74 Å². The highest BCUT2D eigenvalue weighted by atomic mass is 32.1. The van der Waals surface area contributed by atoms with Crippen LogP contribution in [0.25, 0.3) is 16.3 Å². The second-order valence-corrected chi connectivity index (χ2v) is 9.07. The van der Waals surface area contributed by atoms with Crippen molar-refractivity contribution >= 4 is 39.5 Å². The Labute approximate surface area is 182 Å². The van der Waals surface area contributed by atoms with Gasteiger partial charge >= 0.3 is 0 Å². The fourth-order valence-corrected chi connectivity index (χ4v) is 4.71. The summed E-state index contributed by atoms with van der Waals surface area (Å²) in [6.45, 7) is 7.35. The first-order valence-corrected chi connectivity index (χ1v) is 11.6. The number of benzene rings is 1. The molecule has 2 aromatic rings. The molecule has 0 aliphatic carbocycles. The zero-order valence-corrected chi connectivity index (χ0v) is 19.1. The zero-order valence-electron chi connectivity index (χ0n) is 18.3. The van der Waals surface area contributed by atoms with Gasteiger partial charge in [-0.1, -0.05) is 33.3 Å². The zero-order chi connectivity index (χ0) is 21.5. The number of hydrogen-bond acceptors (Lipinski definition) is 5. The molecule has 3 rings (SSSR count). The molecule has 2 atom stereocenters. The second kappa shape index (κ2) is 10.7. The third-order valence-corrected chi connectivity index (χ3v) is 6.13. The lowest BCUT2D eigenvalue weighted by molar-refractivity contribution is -0.115. The molecule has 1 fully saturated rings. The highest BCUT2D eigenvalue weighted by Gasteiger charge is 2.23. The van der Waals surface area contributed by atoms with Gasteiger partial charge in [0.2, 0.25) is 5.96 Å². The Morgan fingerprint density at radius 2 is 2.10 bits per heavy atom. The Balaban J connectivity index is 1.60. The molecule has 6 nitrogen and oxygen atoms in total. The van der Waals surface area contributed by atoms with Gasteiger partial charge in [-0.3, -0.25) is 15.1 Å². The summed E-state index contributed by atoms with van der Waals surface area (Å²) in [7, 11) is 1.79. The van der Waals surface area contributed by atoms with E-state index < -0.39 is 0 Å². The van der Waals surface area contributed by atoms with E-state index in [1.54, 1.807) is 18.4 Å². The van der Waals surface area contributed by atoms with Crippen LogP contribution in [0.3, 0.4) is 0 Å². The number of ether oxygens (including phenoxy) is 1. The van der Waals surface area contributed by atoms with Gasteiger partial charge in [0.05, 0.1) is 21.8 Å². The summed E-state index contributed by atoms with van der Waals surface area (Å²) >= 11 is 1.59. The number of nitrogens with one attached hydrogen (secondary N) is 2. The molecule has 2 unspecified atom stereocenters. The number of carbonyl (C=O) groups is 1. The molecule has 1 aliphatic rings. The topological polar surface area (TPSA) is 75.6 Å². The first-order valence-electron chi connectivity index (χ1n) is 10.7. The van der Waals surface area contributed by atoms with Gasteiger partial charge in [-0.2, -0.15) is 0 Å². The summed E-state index contributed by atoms with van der Waals surface area (Å²) in [5, 5.41) is 5.92. The van der Waals surface area contributed by atoms with E-state index in [1.165, 1.54) is 6.42 Å². The van der Waals surface area contributed by atoms with Gasteiger partial charge in [0.15, 0.2) is 0 Å². The van der Waals surface area contributed by atoms with E-state index >= 15 is 0 Å². The van der Waals surface area contributed by atoms with Crippen LogP contribution in [0, 0.1) is 11.8 Å². The van der Waals surface area contributed by atoms with Crippen molar-refractivity contribution in [2.45, 2.75) is 52.6 Å². The summed E-state index contributed by atoms with van der Waals surface area (Å²) in [5.74, 6) is 1.54. The van der Waals surface area contributed by atoms with Crippen LogP contribution in [0.4, 0.5) is 0 Å². The minimum Gasteiger partial charge on any atom is -0.381 e. The Morgan fingerprint density at radius 1 is 1.27 bits per heavy atom. The monoisotopic (exact) mass is 428 g/mol. The molecule has 0 saturated carbocycles. The predicted octanol–water partition coefficient (Wildman–Crippen LogP) is 4.58. The van der Waals surface area contributed by atoms with Gasteiger partial charge in [-0.25, -0.2) is 4.98 Å². The summed E-state index contributed by atoms with van der Waals surface area (Å²) < 4.78 is 6.89. The lowest BCUT2D eigenvalue weighted by Gasteiger charge is -2.27. The lowest BCUT2D eigenvalue weighted by Crippen LogP contribution is -2.28. The quantitative estimate of drug-likeness (QED) is 0.543. The number of methoxy groups -OCH3 is 1. The Bertz CT molecular complexity index is 919. The maximum atomic E-state index is 12.3. The van der Waals surface area contributed by atoms with Gasteiger partial charge < -0.3 is 10.1 Å². The largest absolute Gasteiger partial charge is 0.381 e. The summed E-state index contributed by atoms with van der Waals surface area (Å²) in [5.41, 5.74) is 4.26. The first kappa shape index (κ1) is 22.4. The number of guanidine groups is 1. The van der Waals surface area contributed by atoms with Crippen molar-refractivity contribution in [3.63, 3.8) is 0 Å². The summed E-state index contributed by atoms with van der Waals surface area (Å²) in [6.07, 6.45) is 6.36. The molecule has 1 aromatic carbocycles. The highest BCUT2D eigenvalue weighted by Crippen LogP contribution is 2.25. The maximum Gasteiger partial charge on any atom is 0.274 e. The number of aliphatic imine (C=N–C) groups is 1. The molecule has 0 spiro atoms. The predicted molar refractivity (Wildman–Crippen MR) is 124 cm³/mol. The highest BCUT2D eigenvalue weighted by molar-refractivity contribution is 7.16. The summed E-state index contributed by atoms with van der Waals surface area (Å²) in [6, 6.07) is 5.97. The number of fused-ring (bicyclic) bond motifs is 1. The summed E-state index contributed by atoms with van der Waals surface area (Å²) in [4.78, 5) is 21.2. The fraction of sp³-hybridized carbons (Fsp3) is 0.522. The average Bonchev–Trinajstić information content (AvgIpc) is 3.31. The van der Waals surface area contributed by atoms with E-state index in [9.17, 15) is 4.79 Å². The van der Waals surface area contributed by atoms with E-state index in [-0.39, 0.29) is 12.0 Å². The van der Waals surface area contributed by atoms with Gasteiger partial charge in [-0.15, -0.1) is 11.3 Å². The van der Waals surface area contributed by atoms with Crippen LogP contribution in [-0.4, -0.2) is 36.6 Å². The normalized spacial score (nSPS) is 18.9. The van der Waals surface area contributed by atoms with Crippen LogP contribution < -0.4 is 10.6 Å². The van der Waals surface area contributed by atoms with Crippen LogP contribution >= 0.6 is 11.3 Å². The second-order valence-electron chi connectivity index (χ2n) is 8.19. The molecule has 1 amide bonds. The standard InChI is InChI=1S/C23H32N4O2S/c1-5-6-17(11-15(2)3)20(29-4)9-10-24-23-26-19(22(28)27-23)12-16-7-8-18-21(13-16)30-14-25-18/h7-8,12-15,17,20H,5-6,9-11H2,1-4H3,(H2,24,26,27,28)/b19-12-. The van der Waals surface area contributed by atoms with E-state index in [1.807, 2.05) is 29.8 Å². The van der Waals surface area contributed by atoms with Crippen molar-refractivity contribution in [2.75, 3.05) is 13.7 Å². The van der Waals surface area contributed by atoms with Gasteiger partial charge in [0.25, 0.3) is 5.91 Å². The molecule has 1 aliphatic heterocycles. The van der Waals surface area contributed by atoms with Gasteiger partial charge in [0, 0.05) is 13.7 Å². The van der Waals surface area contributed by atoms with Crippen LogP contribution in [0.15, 0.2) is 34.4 Å². The average molecular weight is 429 g/mol. The number of carbonyl (C=O) groups excluding carboxylic acids is 1. The van der Waals surface area contributed by atoms with Crippen LogP contribution in [-0.2, 0) is 9.53 Å². The number of hydrogen-bond donors (Lipinski definition) is 2. The van der Waals surface area contributed by atoms with Crippen molar-refractivity contribution in [2.24, 2.45) is 16.8 Å². The molecule has 0 bridgehead atoms. The van der Waals surface area contributed by atoms with Crippen LogP contribution in [0.2, 0.25) is 0 Å². The third-order valence-electron chi connectivity index (χ3n) is 5.34. The molecular weight excluding hydrogens is 396 g/mol. The van der Waals surface area contributed by atoms with E-state index in [0.29, 0.717) is 30.0 Å². The number of aromatic nitrogens is 1. The Morgan fingerprint density at radius 3 is 2.83 bits per heavy atom. The molecule has 1 aromatic heterocycles. The van der Waals surface area contributed by atoms with E-state index in [0.717, 1.165) is 35.0 Å². The number of nitrogens with zero attached hydrogens (tertiary/aromatic N) is 2. The molecule has 0 radical (unpaired) electrons. The minimum atomic E-state index is -0.162. The van der Waals surface area contributed by atoms with Gasteiger partial charge in [0.1, 0.15) is 5.70 Å².